The highest BCUT2D eigenvalue weighted by atomic mass is 19.4. The van der Waals surface area contributed by atoms with Gasteiger partial charge in [-0.3, -0.25) is 4.40 Å². The Morgan fingerprint density at radius 3 is 3.00 bits per heavy atom. The summed E-state index contributed by atoms with van der Waals surface area (Å²) in [5.41, 5.74) is 3.23. The van der Waals surface area contributed by atoms with Crippen molar-refractivity contribution in [2.45, 2.75) is 18.5 Å². The second kappa shape index (κ2) is 5.64. The number of carbonyl (C=O) groups excluding carboxylic acids is 1. The van der Waals surface area contributed by atoms with Crippen molar-refractivity contribution in [3.05, 3.63) is 30.4 Å². The number of fused-ring (bicyclic) bond motifs is 3. The molecule has 0 saturated carbocycles. The number of halogens is 3. The van der Waals surface area contributed by atoms with Crippen molar-refractivity contribution in [3.63, 3.8) is 0 Å². The molecule has 1 aliphatic heterocycles. The van der Waals surface area contributed by atoms with E-state index in [9.17, 15) is 18.0 Å². The van der Waals surface area contributed by atoms with Gasteiger partial charge in [-0.05, 0) is 12.5 Å². The number of aromatic amines is 1. The van der Waals surface area contributed by atoms with Gasteiger partial charge in [0.25, 0.3) is 0 Å². The fraction of sp³-hybridized carbons (Fsp3) is 0.400. The topological polar surface area (TPSA) is 78.3 Å². The monoisotopic (exact) mass is 352 g/mol. The Bertz CT molecular complexity index is 930. The third-order valence-corrected chi connectivity index (χ3v) is 4.40. The first-order valence-corrected chi connectivity index (χ1v) is 7.81. The number of hydrogen-bond acceptors (Lipinski definition) is 3. The highest BCUT2D eigenvalue weighted by molar-refractivity contribution is 5.76. The van der Waals surface area contributed by atoms with E-state index in [1.807, 2.05) is 15.8 Å². The average Bonchev–Trinajstić information content (AvgIpc) is 3.27. The number of H-pyrrole nitrogens is 1. The zero-order chi connectivity index (χ0) is 17.6. The Morgan fingerprint density at radius 2 is 2.20 bits per heavy atom. The van der Waals surface area contributed by atoms with Crippen LogP contribution in [0.4, 0.5) is 18.0 Å². The average molecular weight is 352 g/mol. The van der Waals surface area contributed by atoms with Gasteiger partial charge in [0.05, 0.1) is 11.7 Å². The number of nitrogens with zero attached hydrogens (tertiary/aromatic N) is 4. The molecule has 1 atom stereocenters. The van der Waals surface area contributed by atoms with Crippen LogP contribution < -0.4 is 5.32 Å². The summed E-state index contributed by atoms with van der Waals surface area (Å²) in [4.78, 5) is 25.0. The number of likely N-dealkylation sites (tertiary alicyclic amines) is 1. The first kappa shape index (κ1) is 15.7. The minimum absolute atomic E-state index is 0.00661. The smallest absolute Gasteiger partial charge is 0.345 e. The number of nitrogens with one attached hydrogen (secondary N) is 2. The summed E-state index contributed by atoms with van der Waals surface area (Å²) in [5.74, 6) is 0.00661. The Balaban J connectivity index is 1.55. The minimum atomic E-state index is -4.41. The Labute approximate surface area is 139 Å². The van der Waals surface area contributed by atoms with E-state index < -0.39 is 18.8 Å². The number of carbonyl (C=O) groups is 1. The van der Waals surface area contributed by atoms with Gasteiger partial charge in [0.2, 0.25) is 0 Å². The maximum atomic E-state index is 12.2. The van der Waals surface area contributed by atoms with Gasteiger partial charge < -0.3 is 15.2 Å². The van der Waals surface area contributed by atoms with Crippen molar-refractivity contribution in [1.29, 1.82) is 0 Å². The zero-order valence-corrected chi connectivity index (χ0v) is 13.0. The van der Waals surface area contributed by atoms with Gasteiger partial charge >= 0.3 is 12.2 Å². The normalized spacial score (nSPS) is 18.4. The first-order chi connectivity index (χ1) is 11.9. The predicted octanol–water partition coefficient (Wildman–Crippen LogP) is 2.27. The second-order valence-corrected chi connectivity index (χ2v) is 6.05. The van der Waals surface area contributed by atoms with Crippen molar-refractivity contribution in [3.8, 4) is 0 Å². The molecule has 0 aromatic carbocycles. The lowest BCUT2D eigenvalue weighted by Gasteiger charge is -2.18. The second-order valence-electron chi connectivity index (χ2n) is 6.05. The van der Waals surface area contributed by atoms with Gasteiger partial charge in [-0.2, -0.15) is 13.2 Å². The number of imidazole rings is 1. The molecule has 2 N–H and O–H groups in total. The summed E-state index contributed by atoms with van der Waals surface area (Å²) in [7, 11) is 0. The van der Waals surface area contributed by atoms with Crippen LogP contribution in [0.2, 0.25) is 0 Å². The Kier molecular flexibility index (Phi) is 3.55. The number of alkyl halides is 3. The van der Waals surface area contributed by atoms with Crippen LogP contribution in [-0.4, -0.2) is 56.1 Å². The maximum absolute atomic E-state index is 12.2. The summed E-state index contributed by atoms with van der Waals surface area (Å²) in [6, 6.07) is 1.20. The van der Waals surface area contributed by atoms with Crippen LogP contribution >= 0.6 is 0 Å². The molecule has 1 aliphatic rings. The lowest BCUT2D eigenvalue weighted by Crippen LogP contribution is -2.42. The van der Waals surface area contributed by atoms with E-state index in [0.29, 0.717) is 25.2 Å². The molecule has 7 nitrogen and oxygen atoms in total. The number of urea groups is 1. The molecule has 0 spiro atoms. The minimum Gasteiger partial charge on any atom is -0.345 e. The van der Waals surface area contributed by atoms with Gasteiger partial charge in [-0.25, -0.2) is 14.8 Å². The van der Waals surface area contributed by atoms with E-state index in [1.165, 1.54) is 4.90 Å². The summed E-state index contributed by atoms with van der Waals surface area (Å²) >= 11 is 0. The molecule has 0 unspecified atom stereocenters. The summed E-state index contributed by atoms with van der Waals surface area (Å²) in [6.45, 7) is -0.563. The van der Waals surface area contributed by atoms with Crippen LogP contribution in [0.5, 0.6) is 0 Å². The summed E-state index contributed by atoms with van der Waals surface area (Å²) < 4.78 is 38.7. The standard InChI is InChI=1S/C15H15F3N6O/c16-15(17,18)8-22-14(25)23-4-2-9(7-23)11-5-20-12-6-21-13-10(24(11)12)1-3-19-13/h1,3,5-6,9,19H,2,4,7-8H2,(H,22,25)/t9-/m1/s1. The highest BCUT2D eigenvalue weighted by Gasteiger charge is 2.32. The van der Waals surface area contributed by atoms with Crippen LogP contribution in [-0.2, 0) is 0 Å². The van der Waals surface area contributed by atoms with Crippen molar-refractivity contribution in [1.82, 2.24) is 29.6 Å². The molecule has 2 amide bonds. The van der Waals surface area contributed by atoms with Gasteiger partial charge in [0.15, 0.2) is 11.3 Å². The lowest BCUT2D eigenvalue weighted by molar-refractivity contribution is -0.123. The molecule has 4 rings (SSSR count). The molecule has 25 heavy (non-hydrogen) atoms. The molecule has 3 aromatic heterocycles. The molecule has 0 bridgehead atoms. The number of aromatic nitrogens is 4. The van der Waals surface area contributed by atoms with E-state index in [2.05, 4.69) is 15.0 Å². The van der Waals surface area contributed by atoms with E-state index in [0.717, 1.165) is 16.9 Å². The quantitative estimate of drug-likeness (QED) is 0.743. The number of amides is 2. The molecule has 0 aliphatic carbocycles. The van der Waals surface area contributed by atoms with Gasteiger partial charge in [-0.15, -0.1) is 0 Å². The number of hydrogen-bond donors (Lipinski definition) is 2. The highest BCUT2D eigenvalue weighted by Crippen LogP contribution is 2.29. The Morgan fingerprint density at radius 1 is 1.36 bits per heavy atom. The molecule has 4 heterocycles. The largest absolute Gasteiger partial charge is 0.405 e. The van der Waals surface area contributed by atoms with Crippen LogP contribution in [0.15, 0.2) is 24.7 Å². The molecular weight excluding hydrogens is 337 g/mol. The van der Waals surface area contributed by atoms with Crippen molar-refractivity contribution in [2.24, 2.45) is 0 Å². The zero-order valence-electron chi connectivity index (χ0n) is 13.0. The van der Waals surface area contributed by atoms with Crippen molar-refractivity contribution < 1.29 is 18.0 Å². The molecule has 1 saturated heterocycles. The molecule has 10 heteroatoms. The Hall–Kier alpha value is -2.78. The first-order valence-electron chi connectivity index (χ1n) is 7.81. The third-order valence-electron chi connectivity index (χ3n) is 4.40. The van der Waals surface area contributed by atoms with Gasteiger partial charge in [0.1, 0.15) is 6.54 Å². The fourth-order valence-corrected chi connectivity index (χ4v) is 3.25. The SMILES string of the molecule is O=C(NCC(F)(F)F)N1CC[C@@H](c2cnc3cnc4[nH]ccc4n23)C1. The van der Waals surface area contributed by atoms with E-state index >= 15 is 0 Å². The molecule has 0 radical (unpaired) electrons. The molecule has 1 fully saturated rings. The van der Waals surface area contributed by atoms with Crippen molar-refractivity contribution in [2.75, 3.05) is 19.6 Å². The number of rotatable bonds is 2. The predicted molar refractivity (Wildman–Crippen MR) is 83.2 cm³/mol. The van der Waals surface area contributed by atoms with Gasteiger partial charge in [-0.1, -0.05) is 0 Å². The van der Waals surface area contributed by atoms with Crippen LogP contribution in [0.3, 0.4) is 0 Å². The van der Waals surface area contributed by atoms with E-state index in [-0.39, 0.29) is 5.92 Å². The summed E-state index contributed by atoms with van der Waals surface area (Å²) in [6.07, 6.45) is 1.44. The molecule has 3 aromatic rings. The van der Waals surface area contributed by atoms with E-state index in [4.69, 9.17) is 0 Å². The van der Waals surface area contributed by atoms with Crippen LogP contribution in [0, 0.1) is 0 Å². The van der Waals surface area contributed by atoms with Crippen molar-refractivity contribution >= 4 is 22.8 Å². The van der Waals surface area contributed by atoms with E-state index in [1.54, 1.807) is 18.6 Å². The van der Waals surface area contributed by atoms with Gasteiger partial charge in [0, 0.05) is 37.1 Å². The molecular formula is C15H15F3N6O. The van der Waals surface area contributed by atoms with Crippen LogP contribution in [0.1, 0.15) is 18.0 Å². The fourth-order valence-electron chi connectivity index (χ4n) is 3.25. The summed E-state index contributed by atoms with van der Waals surface area (Å²) in [5, 5.41) is 1.92. The third kappa shape index (κ3) is 2.87. The lowest BCUT2D eigenvalue weighted by atomic mass is 10.1. The maximum Gasteiger partial charge on any atom is 0.405 e. The van der Waals surface area contributed by atoms with Crippen LogP contribution in [0.25, 0.3) is 16.8 Å². The molecule has 132 valence electrons.